The van der Waals surface area contributed by atoms with Gasteiger partial charge in [-0.05, 0) is 32.8 Å². The quantitative estimate of drug-likeness (QED) is 0.466. The van der Waals surface area contributed by atoms with E-state index in [2.05, 4.69) is 63.9 Å². The molecule has 0 aliphatic heterocycles. The van der Waals surface area contributed by atoms with Gasteiger partial charge in [0.05, 0.1) is 6.54 Å². The molecule has 1 aromatic carbocycles. The van der Waals surface area contributed by atoms with E-state index in [-0.39, 0.29) is 0 Å². The lowest BCUT2D eigenvalue weighted by Gasteiger charge is -2.10. The molecule has 0 unspecified atom stereocenters. The molecule has 23 heavy (non-hydrogen) atoms. The molecule has 0 radical (unpaired) electrons. The van der Waals surface area contributed by atoms with Crippen molar-refractivity contribution in [3.05, 3.63) is 47.1 Å². The molecule has 1 aromatic heterocycles. The minimum absolute atomic E-state index is 0.665. The van der Waals surface area contributed by atoms with Crippen LogP contribution in [-0.2, 0) is 13.0 Å². The molecule has 2 N–H and O–H groups in total. The van der Waals surface area contributed by atoms with Crippen LogP contribution in [0.25, 0.3) is 0 Å². The molecule has 0 bridgehead atoms. The lowest BCUT2D eigenvalue weighted by molar-refractivity contribution is 0.372. The first kappa shape index (κ1) is 17.0. The van der Waals surface area contributed by atoms with Crippen molar-refractivity contribution in [3.8, 4) is 0 Å². The fourth-order valence-corrected chi connectivity index (χ4v) is 2.09. The fourth-order valence-electron chi connectivity index (χ4n) is 2.09. The second-order valence-corrected chi connectivity index (χ2v) is 5.45. The van der Waals surface area contributed by atoms with Gasteiger partial charge < -0.3 is 15.2 Å². The summed E-state index contributed by atoms with van der Waals surface area (Å²) < 4.78 is 5.10. The van der Waals surface area contributed by atoms with Gasteiger partial charge in [0, 0.05) is 19.5 Å². The highest BCUT2D eigenvalue weighted by atomic mass is 16.5. The zero-order chi connectivity index (χ0) is 16.5. The van der Waals surface area contributed by atoms with Crippen LogP contribution in [0.3, 0.4) is 0 Å². The second kappa shape index (κ2) is 8.92. The fraction of sp³-hybridized carbons (Fsp3) is 0.471. The standard InChI is InChI=1S/C17H25N5O/c1-4-18-17(20-12-15-9-7-13(2)8-10-15)19-11-5-6-16-21-14(3)22-23-16/h7-10H,4-6,11-12H2,1-3H3,(H2,18,19,20). The van der Waals surface area contributed by atoms with Gasteiger partial charge in [-0.25, -0.2) is 4.99 Å². The molecule has 0 saturated carbocycles. The maximum atomic E-state index is 5.10. The number of aromatic nitrogens is 2. The zero-order valence-corrected chi connectivity index (χ0v) is 14.1. The van der Waals surface area contributed by atoms with E-state index in [9.17, 15) is 0 Å². The van der Waals surface area contributed by atoms with Crippen molar-refractivity contribution in [2.24, 2.45) is 4.99 Å². The monoisotopic (exact) mass is 315 g/mol. The highest BCUT2D eigenvalue weighted by Gasteiger charge is 2.03. The molecule has 2 aromatic rings. The average Bonchev–Trinajstić information content (AvgIpc) is 2.96. The smallest absolute Gasteiger partial charge is 0.226 e. The third-order valence-electron chi connectivity index (χ3n) is 3.31. The van der Waals surface area contributed by atoms with Crippen LogP contribution in [0, 0.1) is 13.8 Å². The minimum Gasteiger partial charge on any atom is -0.357 e. The van der Waals surface area contributed by atoms with Crippen LogP contribution >= 0.6 is 0 Å². The first-order chi connectivity index (χ1) is 11.2. The van der Waals surface area contributed by atoms with Gasteiger partial charge in [-0.3, -0.25) is 0 Å². The van der Waals surface area contributed by atoms with E-state index in [0.29, 0.717) is 18.3 Å². The summed E-state index contributed by atoms with van der Waals surface area (Å²) in [7, 11) is 0. The van der Waals surface area contributed by atoms with Crippen LogP contribution < -0.4 is 10.6 Å². The van der Waals surface area contributed by atoms with Crippen LogP contribution in [0.15, 0.2) is 33.8 Å². The van der Waals surface area contributed by atoms with Crippen LogP contribution in [0.2, 0.25) is 0 Å². The minimum atomic E-state index is 0.665. The molecule has 1 heterocycles. The van der Waals surface area contributed by atoms with E-state index < -0.39 is 0 Å². The Morgan fingerprint density at radius 2 is 1.96 bits per heavy atom. The molecule has 2 rings (SSSR count). The van der Waals surface area contributed by atoms with Crippen molar-refractivity contribution in [1.29, 1.82) is 0 Å². The summed E-state index contributed by atoms with van der Waals surface area (Å²) in [5, 5.41) is 10.4. The van der Waals surface area contributed by atoms with Crippen LogP contribution in [0.5, 0.6) is 0 Å². The molecule has 0 atom stereocenters. The molecule has 0 aliphatic rings. The Morgan fingerprint density at radius 1 is 1.17 bits per heavy atom. The SMILES string of the molecule is CCNC(=NCc1ccc(C)cc1)NCCCc1nc(C)no1. The number of benzene rings is 1. The van der Waals surface area contributed by atoms with Gasteiger partial charge in [0.2, 0.25) is 5.89 Å². The van der Waals surface area contributed by atoms with E-state index in [1.165, 1.54) is 11.1 Å². The Balaban J connectivity index is 1.78. The number of nitrogens with zero attached hydrogens (tertiary/aromatic N) is 3. The maximum Gasteiger partial charge on any atom is 0.226 e. The Morgan fingerprint density at radius 3 is 2.61 bits per heavy atom. The van der Waals surface area contributed by atoms with Crippen molar-refractivity contribution in [3.63, 3.8) is 0 Å². The van der Waals surface area contributed by atoms with Gasteiger partial charge in [-0.15, -0.1) is 0 Å². The Bertz CT molecular complexity index is 618. The third kappa shape index (κ3) is 6.10. The van der Waals surface area contributed by atoms with Crippen molar-refractivity contribution in [1.82, 2.24) is 20.8 Å². The summed E-state index contributed by atoms with van der Waals surface area (Å²) in [4.78, 5) is 8.80. The molecule has 0 amide bonds. The van der Waals surface area contributed by atoms with Crippen LogP contribution in [0.1, 0.15) is 36.2 Å². The Labute approximate surface area is 137 Å². The molecule has 124 valence electrons. The molecule has 0 fully saturated rings. The summed E-state index contributed by atoms with van der Waals surface area (Å²) in [5.74, 6) is 2.20. The van der Waals surface area contributed by atoms with Crippen molar-refractivity contribution < 1.29 is 4.52 Å². The number of rotatable bonds is 7. The molecule has 0 aliphatic carbocycles. The molecule has 6 nitrogen and oxygen atoms in total. The van der Waals surface area contributed by atoms with E-state index in [0.717, 1.165) is 31.9 Å². The van der Waals surface area contributed by atoms with Gasteiger partial charge in [0.1, 0.15) is 0 Å². The highest BCUT2D eigenvalue weighted by Crippen LogP contribution is 2.04. The largest absolute Gasteiger partial charge is 0.357 e. The van der Waals surface area contributed by atoms with Gasteiger partial charge in [-0.2, -0.15) is 4.98 Å². The zero-order valence-electron chi connectivity index (χ0n) is 14.1. The molecular weight excluding hydrogens is 290 g/mol. The number of hydrogen-bond acceptors (Lipinski definition) is 4. The molecular formula is C17H25N5O. The maximum absolute atomic E-state index is 5.10. The summed E-state index contributed by atoms with van der Waals surface area (Å²) >= 11 is 0. The van der Waals surface area contributed by atoms with E-state index >= 15 is 0 Å². The normalized spacial score (nSPS) is 11.5. The molecule has 0 saturated heterocycles. The number of aryl methyl sites for hydroxylation is 3. The second-order valence-electron chi connectivity index (χ2n) is 5.45. The summed E-state index contributed by atoms with van der Waals surface area (Å²) in [6.45, 7) is 8.28. The van der Waals surface area contributed by atoms with Gasteiger partial charge in [0.15, 0.2) is 11.8 Å². The number of nitrogens with one attached hydrogen (secondary N) is 2. The number of guanidine groups is 1. The highest BCUT2D eigenvalue weighted by molar-refractivity contribution is 5.79. The predicted molar refractivity (Wildman–Crippen MR) is 91.4 cm³/mol. The lowest BCUT2D eigenvalue weighted by atomic mass is 10.1. The van der Waals surface area contributed by atoms with Gasteiger partial charge in [0.25, 0.3) is 0 Å². The molecule has 6 heteroatoms. The van der Waals surface area contributed by atoms with Crippen molar-refractivity contribution >= 4 is 5.96 Å². The molecule has 0 spiro atoms. The van der Waals surface area contributed by atoms with Crippen molar-refractivity contribution in [2.45, 2.75) is 40.2 Å². The van der Waals surface area contributed by atoms with Crippen LogP contribution in [0.4, 0.5) is 0 Å². The van der Waals surface area contributed by atoms with E-state index in [1.807, 2.05) is 6.92 Å². The predicted octanol–water partition coefficient (Wildman–Crippen LogP) is 2.37. The Kier molecular flexibility index (Phi) is 6.59. The topological polar surface area (TPSA) is 75.3 Å². The van der Waals surface area contributed by atoms with E-state index in [1.54, 1.807) is 0 Å². The van der Waals surface area contributed by atoms with Gasteiger partial charge >= 0.3 is 0 Å². The Hall–Kier alpha value is -2.37. The van der Waals surface area contributed by atoms with Gasteiger partial charge in [-0.1, -0.05) is 35.0 Å². The first-order valence-corrected chi connectivity index (χ1v) is 8.04. The summed E-state index contributed by atoms with van der Waals surface area (Å²) in [6, 6.07) is 8.44. The first-order valence-electron chi connectivity index (χ1n) is 8.04. The van der Waals surface area contributed by atoms with Crippen LogP contribution in [-0.4, -0.2) is 29.2 Å². The summed E-state index contributed by atoms with van der Waals surface area (Å²) in [6.07, 6.45) is 1.68. The summed E-state index contributed by atoms with van der Waals surface area (Å²) in [5.41, 5.74) is 2.47. The number of aliphatic imine (C=N–C) groups is 1. The third-order valence-corrected chi connectivity index (χ3v) is 3.31. The van der Waals surface area contributed by atoms with Crippen molar-refractivity contribution in [2.75, 3.05) is 13.1 Å². The average molecular weight is 315 g/mol. The van der Waals surface area contributed by atoms with E-state index in [4.69, 9.17) is 4.52 Å². The lowest BCUT2D eigenvalue weighted by Crippen LogP contribution is -2.37. The number of hydrogen-bond donors (Lipinski definition) is 2.